The molecule has 6 heteroatoms. The zero-order chi connectivity index (χ0) is 15.3. The van der Waals surface area contributed by atoms with Crippen molar-refractivity contribution in [2.24, 2.45) is 5.73 Å². The van der Waals surface area contributed by atoms with Crippen LogP contribution in [0.3, 0.4) is 0 Å². The molecule has 4 nitrogen and oxygen atoms in total. The van der Waals surface area contributed by atoms with Crippen molar-refractivity contribution in [1.29, 1.82) is 5.41 Å². The van der Waals surface area contributed by atoms with E-state index in [4.69, 9.17) is 11.1 Å². The molecule has 1 fully saturated rings. The van der Waals surface area contributed by atoms with Crippen molar-refractivity contribution in [3.63, 3.8) is 0 Å². The quantitative estimate of drug-likeness (QED) is 0.622. The second-order valence-corrected chi connectivity index (χ2v) is 8.91. The molecule has 0 bridgehead atoms. The van der Waals surface area contributed by atoms with E-state index in [1.54, 1.807) is 30.0 Å². The molecule has 0 unspecified atom stereocenters. The number of thioether (sulfide) groups is 1. The van der Waals surface area contributed by atoms with Gasteiger partial charge in [0.15, 0.2) is 9.84 Å². The maximum atomic E-state index is 12.3. The summed E-state index contributed by atoms with van der Waals surface area (Å²) in [6.45, 7) is 0. The maximum Gasteiger partial charge on any atom is 0.179 e. The molecule has 1 aromatic rings. The third kappa shape index (κ3) is 4.74. The third-order valence-electron chi connectivity index (χ3n) is 3.76. The number of rotatable bonds is 6. The van der Waals surface area contributed by atoms with Crippen molar-refractivity contribution in [2.75, 3.05) is 11.5 Å². The van der Waals surface area contributed by atoms with E-state index < -0.39 is 9.84 Å². The molecule has 1 aliphatic carbocycles. The Kier molecular flexibility index (Phi) is 5.70. The van der Waals surface area contributed by atoms with Crippen molar-refractivity contribution < 1.29 is 8.42 Å². The smallest absolute Gasteiger partial charge is 0.179 e. The van der Waals surface area contributed by atoms with Crippen LogP contribution in [0.15, 0.2) is 29.2 Å². The average molecular weight is 326 g/mol. The van der Waals surface area contributed by atoms with Crippen LogP contribution in [0.25, 0.3) is 0 Å². The molecule has 1 aliphatic rings. The van der Waals surface area contributed by atoms with Crippen LogP contribution in [0.4, 0.5) is 0 Å². The summed E-state index contributed by atoms with van der Waals surface area (Å²) in [6, 6.07) is 6.35. The van der Waals surface area contributed by atoms with Crippen LogP contribution in [0.5, 0.6) is 0 Å². The number of nitrogens with two attached hydrogens (primary N) is 1. The van der Waals surface area contributed by atoms with E-state index in [1.807, 2.05) is 0 Å². The normalized spacial score (nSPS) is 16.8. The minimum absolute atomic E-state index is 0.108. The van der Waals surface area contributed by atoms with Crippen LogP contribution in [-0.4, -0.2) is 31.0 Å². The Balaban J connectivity index is 1.94. The van der Waals surface area contributed by atoms with Gasteiger partial charge in [0.25, 0.3) is 0 Å². The number of hydrogen-bond donors (Lipinski definition) is 2. The van der Waals surface area contributed by atoms with Crippen molar-refractivity contribution in [2.45, 2.75) is 42.2 Å². The van der Waals surface area contributed by atoms with Gasteiger partial charge in [-0.05, 0) is 25.0 Å². The van der Waals surface area contributed by atoms with Gasteiger partial charge in [0, 0.05) is 16.6 Å². The predicted octanol–water partition coefficient (Wildman–Crippen LogP) is 2.81. The second kappa shape index (κ2) is 7.31. The van der Waals surface area contributed by atoms with Gasteiger partial charge in [0.05, 0.1) is 10.6 Å². The molecule has 116 valence electrons. The highest BCUT2D eigenvalue weighted by Gasteiger charge is 2.18. The van der Waals surface area contributed by atoms with E-state index in [0.717, 1.165) is 0 Å². The number of nitrogens with one attached hydrogen (secondary N) is 1. The summed E-state index contributed by atoms with van der Waals surface area (Å²) in [4.78, 5) is 0.263. The Bertz CT molecular complexity index is 593. The lowest BCUT2D eigenvalue weighted by Crippen LogP contribution is -2.15. The maximum absolute atomic E-state index is 12.3. The number of sulfone groups is 1. The van der Waals surface area contributed by atoms with Gasteiger partial charge in [-0.2, -0.15) is 11.8 Å². The topological polar surface area (TPSA) is 84.0 Å². The van der Waals surface area contributed by atoms with Gasteiger partial charge in [-0.1, -0.05) is 31.4 Å². The molecule has 0 aliphatic heterocycles. The summed E-state index contributed by atoms with van der Waals surface area (Å²) in [5, 5.41) is 8.01. The average Bonchev–Trinajstić information content (AvgIpc) is 2.48. The van der Waals surface area contributed by atoms with Crippen molar-refractivity contribution >= 4 is 27.4 Å². The molecule has 0 saturated heterocycles. The Morgan fingerprint density at radius 3 is 2.67 bits per heavy atom. The molecule has 1 saturated carbocycles. The van der Waals surface area contributed by atoms with Crippen molar-refractivity contribution in [1.82, 2.24) is 0 Å². The van der Waals surface area contributed by atoms with Gasteiger partial charge >= 0.3 is 0 Å². The Labute approximate surface area is 130 Å². The standard InChI is InChI=1S/C15H22N2O2S2/c16-15(17)12-5-4-8-14(11-12)21(18,19)10-9-20-13-6-2-1-3-7-13/h4-5,8,11,13H,1-3,6-7,9-10H2,(H3,16,17). The van der Waals surface area contributed by atoms with E-state index in [1.165, 1.54) is 38.2 Å². The van der Waals surface area contributed by atoms with Gasteiger partial charge in [-0.15, -0.1) is 0 Å². The van der Waals surface area contributed by atoms with Gasteiger partial charge in [-0.25, -0.2) is 8.42 Å². The van der Waals surface area contributed by atoms with Crippen LogP contribution in [0, 0.1) is 5.41 Å². The fraction of sp³-hybridized carbons (Fsp3) is 0.533. The zero-order valence-electron chi connectivity index (χ0n) is 12.0. The van der Waals surface area contributed by atoms with Gasteiger partial charge in [-0.3, -0.25) is 5.41 Å². The third-order valence-corrected chi connectivity index (χ3v) is 7.12. The molecule has 1 aromatic carbocycles. The Morgan fingerprint density at radius 1 is 1.29 bits per heavy atom. The first-order valence-corrected chi connectivity index (χ1v) is 9.98. The van der Waals surface area contributed by atoms with Crippen LogP contribution < -0.4 is 5.73 Å². The lowest BCUT2D eigenvalue weighted by Gasteiger charge is -2.20. The molecule has 0 aromatic heterocycles. The molecule has 0 radical (unpaired) electrons. The molecular weight excluding hydrogens is 304 g/mol. The second-order valence-electron chi connectivity index (χ2n) is 5.39. The molecule has 0 atom stereocenters. The first-order valence-electron chi connectivity index (χ1n) is 7.28. The fourth-order valence-corrected chi connectivity index (χ4v) is 5.62. The molecule has 2 rings (SSSR count). The summed E-state index contributed by atoms with van der Waals surface area (Å²) >= 11 is 1.78. The summed E-state index contributed by atoms with van der Waals surface area (Å²) < 4.78 is 24.6. The largest absolute Gasteiger partial charge is 0.384 e. The van der Waals surface area contributed by atoms with Gasteiger partial charge in [0.1, 0.15) is 5.84 Å². The summed E-state index contributed by atoms with van der Waals surface area (Å²) in [7, 11) is -3.29. The number of hydrogen-bond acceptors (Lipinski definition) is 4. The van der Waals surface area contributed by atoms with E-state index in [0.29, 0.717) is 16.6 Å². The van der Waals surface area contributed by atoms with Gasteiger partial charge < -0.3 is 5.73 Å². The first-order chi connectivity index (χ1) is 9.99. The molecule has 0 spiro atoms. The van der Waals surface area contributed by atoms with Crippen LogP contribution >= 0.6 is 11.8 Å². The van der Waals surface area contributed by atoms with E-state index >= 15 is 0 Å². The van der Waals surface area contributed by atoms with Crippen LogP contribution in [-0.2, 0) is 9.84 Å². The minimum Gasteiger partial charge on any atom is -0.384 e. The number of benzene rings is 1. The number of amidine groups is 1. The molecule has 21 heavy (non-hydrogen) atoms. The molecule has 3 N–H and O–H groups in total. The lowest BCUT2D eigenvalue weighted by atomic mass is 10.0. The monoisotopic (exact) mass is 326 g/mol. The highest BCUT2D eigenvalue weighted by molar-refractivity contribution is 8.01. The van der Waals surface area contributed by atoms with E-state index in [-0.39, 0.29) is 16.5 Å². The zero-order valence-corrected chi connectivity index (χ0v) is 13.7. The molecular formula is C15H22N2O2S2. The van der Waals surface area contributed by atoms with E-state index in [2.05, 4.69) is 0 Å². The van der Waals surface area contributed by atoms with Crippen LogP contribution in [0.1, 0.15) is 37.7 Å². The summed E-state index contributed by atoms with van der Waals surface area (Å²) in [6.07, 6.45) is 6.28. The van der Waals surface area contributed by atoms with Crippen molar-refractivity contribution in [3.05, 3.63) is 29.8 Å². The Morgan fingerprint density at radius 2 is 2.00 bits per heavy atom. The first kappa shape index (κ1) is 16.4. The summed E-state index contributed by atoms with van der Waals surface area (Å²) in [5.41, 5.74) is 5.86. The number of nitrogen functional groups attached to an aromatic ring is 1. The highest BCUT2D eigenvalue weighted by atomic mass is 32.2. The fourth-order valence-electron chi connectivity index (χ4n) is 2.53. The molecule has 0 amide bonds. The lowest BCUT2D eigenvalue weighted by molar-refractivity contribution is 0.516. The summed E-state index contributed by atoms with van der Waals surface area (Å²) in [5.74, 6) is 0.677. The Hall–Kier alpha value is -1.01. The molecule has 0 heterocycles. The predicted molar refractivity (Wildman–Crippen MR) is 88.8 cm³/mol. The minimum atomic E-state index is -3.29. The van der Waals surface area contributed by atoms with Crippen LogP contribution in [0.2, 0.25) is 0 Å². The van der Waals surface area contributed by atoms with E-state index in [9.17, 15) is 8.42 Å². The van der Waals surface area contributed by atoms with Crippen molar-refractivity contribution in [3.8, 4) is 0 Å². The highest BCUT2D eigenvalue weighted by Crippen LogP contribution is 2.28. The van der Waals surface area contributed by atoms with Gasteiger partial charge in [0.2, 0.25) is 0 Å². The SMILES string of the molecule is N=C(N)c1cccc(S(=O)(=O)CCSC2CCCCC2)c1.